The van der Waals surface area contributed by atoms with Gasteiger partial charge in [0, 0.05) is 63.5 Å². The first-order valence-electron chi connectivity index (χ1n) is 24.9. The lowest BCUT2D eigenvalue weighted by molar-refractivity contribution is 0.0121. The molecule has 2 saturated carbocycles. The number of carbonyl (C=O) groups is 3. The molecule has 25 heteroatoms. The van der Waals surface area contributed by atoms with E-state index in [0.717, 1.165) is 0 Å². The molecule has 0 N–H and O–H groups in total. The summed E-state index contributed by atoms with van der Waals surface area (Å²) in [6.07, 6.45) is 6.86. The number of sulfone groups is 2. The Labute approximate surface area is 459 Å². The van der Waals surface area contributed by atoms with E-state index in [4.69, 9.17) is 63.2 Å². The lowest BCUT2D eigenvalue weighted by Gasteiger charge is -2.33. The first kappa shape index (κ1) is 59.8. The van der Waals surface area contributed by atoms with Gasteiger partial charge >= 0.3 is 17.6 Å². The van der Waals surface area contributed by atoms with E-state index in [2.05, 4.69) is 24.7 Å². The van der Waals surface area contributed by atoms with Gasteiger partial charge in [-0.1, -0.05) is 23.2 Å². The second kappa shape index (κ2) is 25.8. The third-order valence-corrected chi connectivity index (χ3v) is 17.0. The molecule has 2 saturated heterocycles. The van der Waals surface area contributed by atoms with Gasteiger partial charge in [-0.25, -0.2) is 51.2 Å². The highest BCUT2D eigenvalue weighted by Gasteiger charge is 2.38. The largest absolute Gasteiger partial charge is 0.474 e. The average molecular weight is 1160 g/mol. The Bertz CT molecular complexity index is 2920. The Kier molecular flexibility index (Phi) is 20.3. The fraction of sp³-hybridized carbons (Fsp3) is 0.549. The standard InChI is InChI=1S/C24H30ClN3O6S.C23H28ClN3O6S.C4H7ClO2/c1-15-21(32-16-9-11-28(12-10-16)23(29)34-24(2,3)4)26-14-27-22(15)33-20-8-7-18(13-19(20)25)35(30,31)17-5-6-17;1-14(2)31-23(28)27-10-8-16(9-11-27)32-21-15(3)22(26-13-25-21)33-20-7-6-18(12-19(20)24)34(29,30)17-4-5-17;1-3(2)7-4(5)6/h7-8,13-14,16-17H,5-6,9-12H2,1-4H3;6-7,12-14,16-17H,4-5,8-11H2,1-3H3;3H,1-2H3. The molecule has 20 nitrogen and oxygen atoms in total. The predicted molar refractivity (Wildman–Crippen MR) is 283 cm³/mol. The molecule has 4 aliphatic rings. The number of ether oxygens (including phenoxy) is 7. The molecule has 2 aromatic carbocycles. The normalized spacial score (nSPS) is 16.4. The Morgan fingerprint density at radius 2 is 0.947 bits per heavy atom. The van der Waals surface area contributed by atoms with Gasteiger partial charge in [0.05, 0.1) is 53.7 Å². The third kappa shape index (κ3) is 17.0. The van der Waals surface area contributed by atoms with E-state index in [1.165, 1.54) is 49.1 Å². The zero-order valence-corrected chi connectivity index (χ0v) is 47.8. The molecule has 4 fully saturated rings. The number of piperidine rings is 2. The minimum absolute atomic E-state index is 0.106. The van der Waals surface area contributed by atoms with Crippen molar-refractivity contribution in [2.24, 2.45) is 0 Å². The van der Waals surface area contributed by atoms with Crippen LogP contribution in [0.2, 0.25) is 10.0 Å². The van der Waals surface area contributed by atoms with Crippen LogP contribution < -0.4 is 18.9 Å². The molecule has 8 rings (SSSR count). The van der Waals surface area contributed by atoms with Gasteiger partial charge in [0.25, 0.3) is 0 Å². The zero-order chi connectivity index (χ0) is 55.7. The minimum Gasteiger partial charge on any atom is -0.474 e. The summed E-state index contributed by atoms with van der Waals surface area (Å²) in [4.78, 5) is 54.7. The molecule has 2 aliphatic carbocycles. The number of likely N-dealkylation sites (tertiary alicyclic amines) is 2. The van der Waals surface area contributed by atoms with Crippen LogP contribution in [-0.4, -0.2) is 131 Å². The monoisotopic (exact) mass is 1150 g/mol. The highest BCUT2D eigenvalue weighted by atomic mass is 35.5. The van der Waals surface area contributed by atoms with Crippen molar-refractivity contribution < 1.29 is 64.4 Å². The van der Waals surface area contributed by atoms with Crippen LogP contribution in [0.5, 0.6) is 35.0 Å². The second-order valence-electron chi connectivity index (χ2n) is 20.0. The second-order valence-corrected chi connectivity index (χ2v) is 25.6. The van der Waals surface area contributed by atoms with Crippen molar-refractivity contribution in [1.29, 1.82) is 0 Å². The number of amides is 2. The summed E-state index contributed by atoms with van der Waals surface area (Å²) in [5, 5.41) is -0.262. The van der Waals surface area contributed by atoms with Gasteiger partial charge in [-0.3, -0.25) is 0 Å². The molecule has 4 heterocycles. The van der Waals surface area contributed by atoms with E-state index in [1.54, 1.807) is 37.5 Å². The van der Waals surface area contributed by atoms with Crippen molar-refractivity contribution in [3.8, 4) is 35.0 Å². The van der Waals surface area contributed by atoms with Crippen LogP contribution in [0.4, 0.5) is 14.4 Å². The third-order valence-electron chi connectivity index (χ3n) is 11.8. The van der Waals surface area contributed by atoms with E-state index in [9.17, 15) is 31.2 Å². The van der Waals surface area contributed by atoms with Crippen molar-refractivity contribution in [3.05, 3.63) is 70.2 Å². The molecule has 0 radical (unpaired) electrons. The van der Waals surface area contributed by atoms with Gasteiger partial charge in [0.1, 0.15) is 42.0 Å². The molecule has 0 bridgehead atoms. The summed E-state index contributed by atoms with van der Waals surface area (Å²) < 4.78 is 88.8. The molecule has 2 amide bonds. The Hall–Kier alpha value is -5.42. The van der Waals surface area contributed by atoms with Crippen LogP contribution in [0.1, 0.15) is 111 Å². The van der Waals surface area contributed by atoms with Gasteiger partial charge in [-0.05, 0) is 124 Å². The fourth-order valence-corrected chi connectivity index (χ4v) is 11.6. The summed E-state index contributed by atoms with van der Waals surface area (Å²) in [5.74, 6) is 1.89. The lowest BCUT2D eigenvalue weighted by atomic mass is 10.1. The first-order valence-corrected chi connectivity index (χ1v) is 29.1. The Morgan fingerprint density at radius 3 is 1.26 bits per heavy atom. The molecular formula is C51H65Cl3N6O14S2. The molecular weight excluding hydrogens is 1090 g/mol. The molecule has 4 aromatic rings. The predicted octanol–water partition coefficient (Wildman–Crippen LogP) is 11.3. The molecule has 2 aromatic heterocycles. The van der Waals surface area contributed by atoms with Crippen molar-refractivity contribution in [1.82, 2.24) is 29.7 Å². The summed E-state index contributed by atoms with van der Waals surface area (Å²) in [7, 11) is -6.69. The van der Waals surface area contributed by atoms with Gasteiger partial charge < -0.3 is 43.0 Å². The number of hydrogen-bond acceptors (Lipinski definition) is 18. The van der Waals surface area contributed by atoms with Gasteiger partial charge in [-0.15, -0.1) is 0 Å². The first-order chi connectivity index (χ1) is 35.7. The maximum Gasteiger partial charge on any atom is 0.410 e. The number of hydrogen-bond donors (Lipinski definition) is 0. The number of carbonyl (C=O) groups excluding carboxylic acids is 3. The lowest BCUT2D eigenvalue weighted by Crippen LogP contribution is -2.44. The topological polar surface area (TPSA) is 242 Å². The average Bonchev–Trinajstić information content (AvgIpc) is 4.27. The summed E-state index contributed by atoms with van der Waals surface area (Å²) >= 11 is 17.5. The van der Waals surface area contributed by atoms with Crippen molar-refractivity contribution in [3.63, 3.8) is 0 Å². The number of rotatable bonds is 14. The molecule has 0 atom stereocenters. The highest BCUT2D eigenvalue weighted by Crippen LogP contribution is 2.40. The van der Waals surface area contributed by atoms with E-state index in [1.807, 2.05) is 34.6 Å². The van der Waals surface area contributed by atoms with Crippen molar-refractivity contribution in [2.45, 2.75) is 164 Å². The van der Waals surface area contributed by atoms with E-state index < -0.39 is 30.7 Å². The van der Waals surface area contributed by atoms with E-state index in [0.29, 0.717) is 112 Å². The number of nitrogens with zero attached hydrogens (tertiary/aromatic N) is 6. The molecule has 2 aliphatic heterocycles. The smallest absolute Gasteiger partial charge is 0.410 e. The van der Waals surface area contributed by atoms with Crippen LogP contribution in [0.3, 0.4) is 0 Å². The molecule has 76 heavy (non-hydrogen) atoms. The Morgan fingerprint density at radius 1 is 0.579 bits per heavy atom. The summed E-state index contributed by atoms with van der Waals surface area (Å²) in [5.41, 5.74) is -0.0918. The number of aromatic nitrogens is 4. The molecule has 416 valence electrons. The van der Waals surface area contributed by atoms with Crippen LogP contribution in [0.25, 0.3) is 0 Å². The molecule has 0 unspecified atom stereocenters. The van der Waals surface area contributed by atoms with Gasteiger partial charge in [-0.2, -0.15) is 0 Å². The van der Waals surface area contributed by atoms with Crippen LogP contribution in [0, 0.1) is 13.8 Å². The number of benzene rings is 2. The van der Waals surface area contributed by atoms with Gasteiger partial charge in [0.15, 0.2) is 19.7 Å². The maximum absolute atomic E-state index is 12.5. The summed E-state index contributed by atoms with van der Waals surface area (Å²) in [6, 6.07) is 8.90. The SMILES string of the molecule is CC(C)OC(=O)Cl.Cc1c(Oc2ccc(S(=O)(=O)C3CC3)cc2Cl)ncnc1OC1CCN(C(=O)OC(C)(C)C)CC1.Cc1c(Oc2ccc(S(=O)(=O)C3CC3)cc2Cl)ncnc1OC1CCN(C(=O)OC(C)C)CC1. The summed E-state index contributed by atoms with van der Waals surface area (Å²) in [6.45, 7) is 18.3. The van der Waals surface area contributed by atoms with Crippen LogP contribution >= 0.6 is 34.8 Å². The van der Waals surface area contributed by atoms with Crippen LogP contribution in [-0.2, 0) is 33.9 Å². The Balaban J connectivity index is 0.000000219. The number of halogens is 3. The van der Waals surface area contributed by atoms with E-state index >= 15 is 0 Å². The van der Waals surface area contributed by atoms with E-state index in [-0.39, 0.29) is 78.7 Å². The quantitative estimate of drug-likeness (QED) is 0.0841. The fourth-order valence-electron chi connectivity index (χ4n) is 7.53. The zero-order valence-electron chi connectivity index (χ0n) is 43.9. The molecule has 0 spiro atoms. The van der Waals surface area contributed by atoms with Crippen molar-refractivity contribution in [2.75, 3.05) is 26.2 Å². The van der Waals surface area contributed by atoms with Crippen LogP contribution in [0.15, 0.2) is 58.8 Å². The maximum atomic E-state index is 12.5. The van der Waals surface area contributed by atoms with Gasteiger partial charge in [0.2, 0.25) is 23.5 Å². The minimum atomic E-state index is -3.35. The van der Waals surface area contributed by atoms with Crippen molar-refractivity contribution >= 4 is 72.1 Å². The highest BCUT2D eigenvalue weighted by molar-refractivity contribution is 7.92.